The summed E-state index contributed by atoms with van der Waals surface area (Å²) < 4.78 is 22.6. The molecule has 1 amide bonds. The average Bonchev–Trinajstić information content (AvgIpc) is 2.42. The van der Waals surface area contributed by atoms with Gasteiger partial charge in [0.15, 0.2) is 6.17 Å². The fraction of sp³-hybridized carbons (Fsp3) is 0.700. The number of carboxylic acid groups (broad SMARTS) is 1. The van der Waals surface area contributed by atoms with Gasteiger partial charge in [-0.05, 0) is 12.8 Å². The van der Waals surface area contributed by atoms with Crippen LogP contribution in [-0.4, -0.2) is 66.9 Å². The summed E-state index contributed by atoms with van der Waals surface area (Å²) >= 11 is 0. The van der Waals surface area contributed by atoms with Crippen LogP contribution in [0.15, 0.2) is 5.16 Å². The number of halogens is 1. The lowest BCUT2D eigenvalue weighted by Gasteiger charge is -2.19. The molecular weight excluding hydrogens is 279 g/mol. The first-order valence-corrected chi connectivity index (χ1v) is 5.57. The lowest BCUT2D eigenvalue weighted by molar-refractivity contribution is -0.0672. The zero-order chi connectivity index (χ0) is 15.5. The molecule has 0 aliphatic rings. The van der Waals surface area contributed by atoms with Crippen LogP contribution in [-0.2, 0) is 14.3 Å². The highest BCUT2D eigenvalue weighted by atomic mass is 19.1. The van der Waals surface area contributed by atoms with Gasteiger partial charge < -0.3 is 19.4 Å². The molecular formula is C10H17FN2O7. The number of amides is 1. The van der Waals surface area contributed by atoms with Gasteiger partial charge in [-0.25, -0.2) is 14.0 Å². The van der Waals surface area contributed by atoms with Gasteiger partial charge in [-0.1, -0.05) is 5.16 Å². The summed E-state index contributed by atoms with van der Waals surface area (Å²) in [6.45, 7) is -0.259. The normalized spacial score (nSPS) is 13.6. The van der Waals surface area contributed by atoms with Crippen molar-refractivity contribution in [3.63, 3.8) is 0 Å². The Bertz CT molecular complexity index is 340. The van der Waals surface area contributed by atoms with Crippen LogP contribution in [0.5, 0.6) is 0 Å². The van der Waals surface area contributed by atoms with E-state index in [4.69, 9.17) is 10.3 Å². The van der Waals surface area contributed by atoms with Crippen molar-refractivity contribution < 1.29 is 38.6 Å². The van der Waals surface area contributed by atoms with Gasteiger partial charge >= 0.3 is 12.2 Å². The summed E-state index contributed by atoms with van der Waals surface area (Å²) in [5.74, 6) is 0. The minimum absolute atomic E-state index is 0.0453. The number of ether oxygens (including phenoxy) is 2. The molecule has 0 fully saturated rings. The van der Waals surface area contributed by atoms with Crippen molar-refractivity contribution in [1.82, 2.24) is 5.06 Å². The molecule has 10 heteroatoms. The maximum atomic E-state index is 13.7. The second-order valence-corrected chi connectivity index (χ2v) is 3.54. The lowest BCUT2D eigenvalue weighted by atomic mass is 10.1. The van der Waals surface area contributed by atoms with E-state index in [0.29, 0.717) is 0 Å². The van der Waals surface area contributed by atoms with Gasteiger partial charge in [-0.3, -0.25) is 5.21 Å². The fourth-order valence-electron chi connectivity index (χ4n) is 1.21. The van der Waals surface area contributed by atoms with Crippen LogP contribution >= 0.6 is 0 Å². The Kier molecular flexibility index (Phi) is 8.75. The summed E-state index contributed by atoms with van der Waals surface area (Å²) in [6, 6.07) is 0. The van der Waals surface area contributed by atoms with Gasteiger partial charge in [0.2, 0.25) is 0 Å². The molecule has 0 saturated carbocycles. The molecule has 2 N–H and O–H groups in total. The van der Waals surface area contributed by atoms with Crippen LogP contribution in [0.25, 0.3) is 0 Å². The topological polar surface area (TPSA) is 118 Å². The molecule has 0 radical (unpaired) electrons. The summed E-state index contributed by atoms with van der Waals surface area (Å²) in [6.07, 6.45) is -4.80. The van der Waals surface area contributed by atoms with E-state index in [2.05, 4.69) is 19.5 Å². The molecule has 2 atom stereocenters. The standard InChI is InChI=1S/C10H17FN2O7/c1-18-10(16)20-8(7(11)6-12-19-2)4-3-5-13(17)9(14)15/h6-8,17H,3-5H2,1-2H3,(H,14,15)/t7-,8-/m1/s1. The Balaban J connectivity index is 4.41. The van der Waals surface area contributed by atoms with Gasteiger partial charge in [0.05, 0.1) is 19.9 Å². The first-order valence-electron chi connectivity index (χ1n) is 5.57. The maximum absolute atomic E-state index is 13.7. The molecule has 9 nitrogen and oxygen atoms in total. The molecule has 0 aliphatic heterocycles. The Morgan fingerprint density at radius 1 is 1.45 bits per heavy atom. The zero-order valence-electron chi connectivity index (χ0n) is 11.1. The largest absolute Gasteiger partial charge is 0.508 e. The number of hydrogen-bond acceptors (Lipinski definition) is 7. The Morgan fingerprint density at radius 2 is 2.10 bits per heavy atom. The SMILES string of the molecule is CON=C[C@@H](F)[C@@H](CCCN(O)C(=O)O)OC(=O)OC. The van der Waals surface area contributed by atoms with Crippen molar-refractivity contribution in [2.45, 2.75) is 25.1 Å². The Labute approximate surface area is 114 Å². The number of methoxy groups -OCH3 is 1. The summed E-state index contributed by atoms with van der Waals surface area (Å²) in [5.41, 5.74) is 0. The van der Waals surface area contributed by atoms with E-state index in [1.165, 1.54) is 7.11 Å². The van der Waals surface area contributed by atoms with Crippen molar-refractivity contribution in [3.8, 4) is 0 Å². The van der Waals surface area contributed by atoms with Gasteiger partial charge in [0, 0.05) is 0 Å². The number of alkyl halides is 1. The molecule has 0 spiro atoms. The molecule has 20 heavy (non-hydrogen) atoms. The van der Waals surface area contributed by atoms with Crippen LogP contribution < -0.4 is 0 Å². The average molecular weight is 296 g/mol. The minimum Gasteiger partial charge on any atom is -0.463 e. The highest BCUT2D eigenvalue weighted by Gasteiger charge is 2.24. The third-order valence-electron chi connectivity index (χ3n) is 2.16. The number of hydroxylamine groups is 2. The Hall–Kier alpha value is -2.10. The second kappa shape index (κ2) is 9.78. The molecule has 0 aromatic rings. The van der Waals surface area contributed by atoms with Gasteiger partial charge in [-0.15, -0.1) is 0 Å². The predicted molar refractivity (Wildman–Crippen MR) is 63.4 cm³/mol. The van der Waals surface area contributed by atoms with Crippen molar-refractivity contribution in [2.24, 2.45) is 5.16 Å². The smallest absolute Gasteiger partial charge is 0.463 e. The van der Waals surface area contributed by atoms with E-state index in [0.717, 1.165) is 13.3 Å². The van der Waals surface area contributed by atoms with Crippen molar-refractivity contribution >= 4 is 18.5 Å². The van der Waals surface area contributed by atoms with E-state index in [1.54, 1.807) is 0 Å². The number of oxime groups is 1. The first-order chi connectivity index (χ1) is 9.42. The third kappa shape index (κ3) is 7.36. The summed E-state index contributed by atoms with van der Waals surface area (Å²) in [4.78, 5) is 25.6. The zero-order valence-corrected chi connectivity index (χ0v) is 11.1. The summed E-state index contributed by atoms with van der Waals surface area (Å²) in [5, 5.41) is 20.6. The van der Waals surface area contributed by atoms with Crippen LogP contribution in [0, 0.1) is 0 Å². The molecule has 0 saturated heterocycles. The molecule has 0 aliphatic carbocycles. The molecule has 116 valence electrons. The van der Waals surface area contributed by atoms with Crippen LogP contribution in [0.2, 0.25) is 0 Å². The van der Waals surface area contributed by atoms with E-state index >= 15 is 0 Å². The van der Waals surface area contributed by atoms with Gasteiger partial charge in [0.25, 0.3) is 0 Å². The fourth-order valence-corrected chi connectivity index (χ4v) is 1.21. The van der Waals surface area contributed by atoms with E-state index in [9.17, 15) is 14.0 Å². The molecule has 0 unspecified atom stereocenters. The molecule has 0 aromatic carbocycles. The first kappa shape index (κ1) is 17.9. The predicted octanol–water partition coefficient (Wildman–Crippen LogP) is 1.26. The number of carbonyl (C=O) groups excluding carboxylic acids is 1. The van der Waals surface area contributed by atoms with E-state index in [1.807, 2.05) is 0 Å². The number of rotatable bonds is 8. The number of nitrogens with zero attached hydrogens (tertiary/aromatic N) is 2. The van der Waals surface area contributed by atoms with Crippen molar-refractivity contribution in [2.75, 3.05) is 20.8 Å². The van der Waals surface area contributed by atoms with Gasteiger partial charge in [0.1, 0.15) is 13.2 Å². The second-order valence-electron chi connectivity index (χ2n) is 3.54. The maximum Gasteiger partial charge on any atom is 0.508 e. The molecule has 0 bridgehead atoms. The highest BCUT2D eigenvalue weighted by molar-refractivity contribution is 5.65. The van der Waals surface area contributed by atoms with E-state index in [-0.39, 0.29) is 24.4 Å². The quantitative estimate of drug-likeness (QED) is 0.299. The van der Waals surface area contributed by atoms with Crippen molar-refractivity contribution in [1.29, 1.82) is 0 Å². The lowest BCUT2D eigenvalue weighted by Crippen LogP contribution is -2.32. The third-order valence-corrected chi connectivity index (χ3v) is 2.16. The summed E-state index contributed by atoms with van der Waals surface area (Å²) in [7, 11) is 2.28. The van der Waals surface area contributed by atoms with Crippen LogP contribution in [0.3, 0.4) is 0 Å². The van der Waals surface area contributed by atoms with Crippen LogP contribution in [0.4, 0.5) is 14.0 Å². The Morgan fingerprint density at radius 3 is 2.60 bits per heavy atom. The number of carbonyl (C=O) groups is 2. The van der Waals surface area contributed by atoms with E-state index < -0.39 is 24.5 Å². The van der Waals surface area contributed by atoms with Crippen LogP contribution in [0.1, 0.15) is 12.8 Å². The van der Waals surface area contributed by atoms with Crippen molar-refractivity contribution in [3.05, 3.63) is 0 Å². The highest BCUT2D eigenvalue weighted by Crippen LogP contribution is 2.11. The molecule has 0 heterocycles. The minimum atomic E-state index is -1.76. The number of hydrogen-bond donors (Lipinski definition) is 2. The molecule has 0 aromatic heterocycles. The van der Waals surface area contributed by atoms with Gasteiger partial charge in [-0.2, -0.15) is 5.06 Å². The monoisotopic (exact) mass is 296 g/mol. The molecule has 0 rings (SSSR count).